The molecule has 1 aliphatic rings. The molecule has 0 radical (unpaired) electrons. The van der Waals surface area contributed by atoms with Crippen molar-refractivity contribution in [2.24, 2.45) is 0 Å². The number of esters is 1. The molecule has 2 heterocycles. The number of fused-ring (bicyclic) bond motifs is 1. The van der Waals surface area contributed by atoms with E-state index >= 15 is 0 Å². The normalized spacial score (nSPS) is 14.9. The van der Waals surface area contributed by atoms with Crippen LogP contribution in [0.1, 0.15) is 12.5 Å². The number of benzene rings is 1. The second-order valence-electron chi connectivity index (χ2n) is 6.10. The standard InChI is InChI=1S/C19H19N3O4S/c1-4-26-16(23)11-22-10-12(13-7-5-6-8-15(13)22)9-14-17(24)20(2)19(27)21(3)18(14)25/h5-10H,4,11H2,1-3H3. The molecule has 1 aromatic heterocycles. The van der Waals surface area contributed by atoms with E-state index in [4.69, 9.17) is 17.0 Å². The highest BCUT2D eigenvalue weighted by Gasteiger charge is 2.35. The summed E-state index contributed by atoms with van der Waals surface area (Å²) in [6.45, 7) is 2.10. The molecule has 7 nitrogen and oxygen atoms in total. The van der Waals surface area contributed by atoms with Gasteiger partial charge >= 0.3 is 5.97 Å². The monoisotopic (exact) mass is 385 g/mol. The van der Waals surface area contributed by atoms with E-state index in [2.05, 4.69) is 0 Å². The molecule has 1 aromatic carbocycles. The lowest BCUT2D eigenvalue weighted by Crippen LogP contribution is -2.52. The first-order valence-corrected chi connectivity index (χ1v) is 8.81. The van der Waals surface area contributed by atoms with E-state index in [0.717, 1.165) is 10.9 Å². The summed E-state index contributed by atoms with van der Waals surface area (Å²) in [6.07, 6.45) is 3.28. The van der Waals surface area contributed by atoms with Crippen LogP contribution < -0.4 is 0 Å². The number of carbonyl (C=O) groups excluding carboxylic acids is 3. The second kappa shape index (κ2) is 7.32. The van der Waals surface area contributed by atoms with E-state index in [1.807, 2.05) is 24.3 Å². The summed E-state index contributed by atoms with van der Waals surface area (Å²) < 4.78 is 6.76. The first kappa shape index (κ1) is 18.8. The van der Waals surface area contributed by atoms with Crippen LogP contribution in [0.15, 0.2) is 36.0 Å². The minimum absolute atomic E-state index is 0.0210. The molecule has 1 aliphatic heterocycles. The SMILES string of the molecule is CCOC(=O)Cn1cc(C=C2C(=O)N(C)C(=S)N(C)C2=O)c2ccccc21. The first-order chi connectivity index (χ1) is 12.8. The van der Waals surface area contributed by atoms with Gasteiger partial charge in [-0.2, -0.15) is 0 Å². The van der Waals surface area contributed by atoms with Crippen molar-refractivity contribution in [1.82, 2.24) is 14.4 Å². The van der Waals surface area contributed by atoms with Crippen LogP contribution in [-0.2, 0) is 25.7 Å². The molecule has 0 atom stereocenters. The average Bonchev–Trinajstić information content (AvgIpc) is 3.00. The topological polar surface area (TPSA) is 71.8 Å². The van der Waals surface area contributed by atoms with Crippen molar-refractivity contribution in [3.63, 3.8) is 0 Å². The molecule has 0 bridgehead atoms. The molecule has 27 heavy (non-hydrogen) atoms. The molecule has 2 aromatic rings. The predicted octanol–water partition coefficient (Wildman–Crippen LogP) is 1.80. The molecule has 0 aliphatic carbocycles. The Bertz CT molecular complexity index is 966. The highest BCUT2D eigenvalue weighted by atomic mass is 32.1. The van der Waals surface area contributed by atoms with Crippen LogP contribution in [0, 0.1) is 0 Å². The smallest absolute Gasteiger partial charge is 0.325 e. The number of nitrogens with zero attached hydrogens (tertiary/aromatic N) is 3. The Morgan fingerprint density at radius 3 is 2.41 bits per heavy atom. The number of para-hydroxylation sites is 1. The van der Waals surface area contributed by atoms with E-state index in [1.165, 1.54) is 23.9 Å². The lowest BCUT2D eigenvalue weighted by molar-refractivity contribution is -0.143. The number of aromatic nitrogens is 1. The zero-order valence-electron chi connectivity index (χ0n) is 15.3. The third-order valence-electron chi connectivity index (χ3n) is 4.37. The molecule has 0 spiro atoms. The average molecular weight is 385 g/mol. The largest absolute Gasteiger partial charge is 0.465 e. The third-order valence-corrected chi connectivity index (χ3v) is 4.92. The highest BCUT2D eigenvalue weighted by Crippen LogP contribution is 2.26. The Balaban J connectivity index is 2.08. The summed E-state index contributed by atoms with van der Waals surface area (Å²) in [4.78, 5) is 39.5. The minimum atomic E-state index is -0.453. The molecule has 2 amide bonds. The fraction of sp³-hybridized carbons (Fsp3) is 0.263. The Morgan fingerprint density at radius 1 is 1.15 bits per heavy atom. The van der Waals surface area contributed by atoms with Crippen LogP contribution in [0.4, 0.5) is 0 Å². The first-order valence-electron chi connectivity index (χ1n) is 8.40. The van der Waals surface area contributed by atoms with Gasteiger partial charge in [0.25, 0.3) is 11.8 Å². The maximum absolute atomic E-state index is 12.5. The second-order valence-corrected chi connectivity index (χ2v) is 6.47. The maximum atomic E-state index is 12.5. The summed E-state index contributed by atoms with van der Waals surface area (Å²) in [6, 6.07) is 7.46. The number of thiocarbonyl (C=S) groups is 1. The number of rotatable bonds is 4. The molecule has 0 saturated carbocycles. The van der Waals surface area contributed by atoms with E-state index in [9.17, 15) is 14.4 Å². The lowest BCUT2D eigenvalue weighted by atomic mass is 10.1. The zero-order chi connectivity index (χ0) is 19.7. The van der Waals surface area contributed by atoms with Crippen molar-refractivity contribution >= 4 is 52.1 Å². The molecular weight excluding hydrogens is 366 g/mol. The molecule has 140 valence electrons. The van der Waals surface area contributed by atoms with Crippen molar-refractivity contribution in [3.05, 3.63) is 41.6 Å². The van der Waals surface area contributed by atoms with E-state index in [0.29, 0.717) is 12.2 Å². The molecule has 1 fully saturated rings. The molecule has 0 N–H and O–H groups in total. The van der Waals surface area contributed by atoms with Gasteiger partial charge in [0.2, 0.25) is 0 Å². The zero-order valence-corrected chi connectivity index (χ0v) is 16.1. The summed E-state index contributed by atoms with van der Waals surface area (Å²) in [5, 5.41) is 0.986. The van der Waals surface area contributed by atoms with Gasteiger partial charge in [-0.05, 0) is 31.3 Å². The van der Waals surface area contributed by atoms with Crippen molar-refractivity contribution in [2.75, 3.05) is 20.7 Å². The van der Waals surface area contributed by atoms with Crippen LogP contribution >= 0.6 is 12.2 Å². The van der Waals surface area contributed by atoms with Gasteiger partial charge in [-0.15, -0.1) is 0 Å². The Morgan fingerprint density at radius 2 is 1.78 bits per heavy atom. The molecule has 3 rings (SSSR count). The highest BCUT2D eigenvalue weighted by molar-refractivity contribution is 7.80. The number of likely N-dealkylation sites (N-methyl/N-ethyl adjacent to an activating group) is 2. The number of carbonyl (C=O) groups is 3. The van der Waals surface area contributed by atoms with Crippen LogP contribution in [0.25, 0.3) is 17.0 Å². The quantitative estimate of drug-likeness (QED) is 0.347. The number of hydrogen-bond acceptors (Lipinski definition) is 5. The molecule has 1 saturated heterocycles. The lowest BCUT2D eigenvalue weighted by Gasteiger charge is -2.31. The van der Waals surface area contributed by atoms with Gasteiger partial charge in [0.05, 0.1) is 6.61 Å². The maximum Gasteiger partial charge on any atom is 0.325 e. The van der Waals surface area contributed by atoms with Gasteiger partial charge in [0, 0.05) is 36.8 Å². The summed E-state index contributed by atoms with van der Waals surface area (Å²) in [5.74, 6) is -1.26. The van der Waals surface area contributed by atoms with Crippen LogP contribution in [0.5, 0.6) is 0 Å². The van der Waals surface area contributed by atoms with E-state index in [-0.39, 0.29) is 23.2 Å². The van der Waals surface area contributed by atoms with Gasteiger partial charge in [-0.3, -0.25) is 24.2 Å². The van der Waals surface area contributed by atoms with Crippen LogP contribution in [0.2, 0.25) is 0 Å². The Kier molecular flexibility index (Phi) is 5.09. The van der Waals surface area contributed by atoms with Crippen molar-refractivity contribution < 1.29 is 19.1 Å². The number of amides is 2. The van der Waals surface area contributed by atoms with Gasteiger partial charge in [0.15, 0.2) is 5.11 Å². The minimum Gasteiger partial charge on any atom is -0.465 e. The fourth-order valence-electron chi connectivity index (χ4n) is 3.00. The fourth-order valence-corrected chi connectivity index (χ4v) is 3.16. The molecular formula is C19H19N3O4S. The van der Waals surface area contributed by atoms with Crippen molar-refractivity contribution in [2.45, 2.75) is 13.5 Å². The van der Waals surface area contributed by atoms with E-state index < -0.39 is 11.8 Å². The Labute approximate surface area is 161 Å². The summed E-state index contributed by atoms with van der Waals surface area (Å²) >= 11 is 5.10. The van der Waals surface area contributed by atoms with Crippen LogP contribution in [0.3, 0.4) is 0 Å². The number of hydrogen-bond donors (Lipinski definition) is 0. The van der Waals surface area contributed by atoms with Crippen molar-refractivity contribution in [1.29, 1.82) is 0 Å². The summed E-state index contributed by atoms with van der Waals surface area (Å²) in [7, 11) is 3.07. The molecule has 8 heteroatoms. The Hall–Kier alpha value is -3.00. The predicted molar refractivity (Wildman–Crippen MR) is 105 cm³/mol. The van der Waals surface area contributed by atoms with E-state index in [1.54, 1.807) is 23.8 Å². The van der Waals surface area contributed by atoms with Crippen molar-refractivity contribution in [3.8, 4) is 0 Å². The third kappa shape index (κ3) is 3.35. The van der Waals surface area contributed by atoms with Gasteiger partial charge in [0.1, 0.15) is 12.1 Å². The van der Waals surface area contributed by atoms with Gasteiger partial charge in [-0.25, -0.2) is 0 Å². The van der Waals surface area contributed by atoms with Gasteiger partial charge in [-0.1, -0.05) is 18.2 Å². The molecule has 0 unspecified atom stereocenters. The summed E-state index contributed by atoms with van der Waals surface area (Å²) in [5.41, 5.74) is 1.50. The van der Waals surface area contributed by atoms with Crippen LogP contribution in [-0.4, -0.2) is 58.0 Å². The van der Waals surface area contributed by atoms with Gasteiger partial charge < -0.3 is 9.30 Å². The number of ether oxygens (including phenoxy) is 1.